The number of benzene rings is 3. The van der Waals surface area contributed by atoms with Crippen molar-refractivity contribution in [2.45, 2.75) is 26.2 Å². The van der Waals surface area contributed by atoms with Gasteiger partial charge in [0.1, 0.15) is 11.5 Å². The molecular formula is C26H32N2O2. The van der Waals surface area contributed by atoms with Crippen molar-refractivity contribution in [2.75, 3.05) is 38.1 Å². The van der Waals surface area contributed by atoms with Crippen molar-refractivity contribution in [3.05, 3.63) is 72.3 Å². The molecule has 3 rings (SSSR count). The van der Waals surface area contributed by atoms with E-state index in [1.54, 1.807) is 14.2 Å². The first-order valence-corrected chi connectivity index (χ1v) is 10.4. The van der Waals surface area contributed by atoms with Crippen molar-refractivity contribution >= 4 is 22.7 Å². The van der Waals surface area contributed by atoms with Gasteiger partial charge in [-0.3, -0.25) is 0 Å². The molecule has 0 aromatic heterocycles. The van der Waals surface area contributed by atoms with Gasteiger partial charge in [-0.05, 0) is 54.8 Å². The number of aryl methyl sites for hydroxylation is 1. The molecule has 0 bridgehead atoms. The Labute approximate surface area is 180 Å². The zero-order chi connectivity index (χ0) is 21.5. The molecule has 0 radical (unpaired) electrons. The lowest BCUT2D eigenvalue weighted by Crippen LogP contribution is -2.12. The summed E-state index contributed by atoms with van der Waals surface area (Å²) in [6, 6.07) is 23.4. The smallest absolute Gasteiger partial charge is 0.124 e. The van der Waals surface area contributed by atoms with E-state index in [-0.39, 0.29) is 0 Å². The number of anilines is 4. The molecule has 0 heterocycles. The van der Waals surface area contributed by atoms with Gasteiger partial charge in [0, 0.05) is 49.4 Å². The molecule has 0 atom stereocenters. The third-order valence-corrected chi connectivity index (χ3v) is 5.23. The summed E-state index contributed by atoms with van der Waals surface area (Å²) in [5.41, 5.74) is 5.70. The summed E-state index contributed by atoms with van der Waals surface area (Å²) >= 11 is 0. The molecule has 0 saturated carbocycles. The molecule has 0 N–H and O–H groups in total. The number of rotatable bonds is 9. The highest BCUT2D eigenvalue weighted by Crippen LogP contribution is 2.39. The molecule has 3 aromatic rings. The van der Waals surface area contributed by atoms with E-state index in [4.69, 9.17) is 9.47 Å². The summed E-state index contributed by atoms with van der Waals surface area (Å²) in [6.45, 7) is 2.23. The quantitative estimate of drug-likeness (QED) is 0.402. The Balaban J connectivity index is 2.07. The van der Waals surface area contributed by atoms with Crippen LogP contribution < -0.4 is 19.3 Å². The summed E-state index contributed by atoms with van der Waals surface area (Å²) < 4.78 is 11.0. The number of nitrogens with zero attached hydrogens (tertiary/aromatic N) is 2. The van der Waals surface area contributed by atoms with Crippen molar-refractivity contribution in [3.63, 3.8) is 0 Å². The van der Waals surface area contributed by atoms with Crippen LogP contribution in [-0.2, 0) is 6.42 Å². The lowest BCUT2D eigenvalue weighted by atomic mass is 10.1. The van der Waals surface area contributed by atoms with Crippen molar-refractivity contribution < 1.29 is 9.47 Å². The van der Waals surface area contributed by atoms with Gasteiger partial charge < -0.3 is 19.3 Å². The first-order chi connectivity index (χ1) is 14.5. The second-order valence-corrected chi connectivity index (χ2v) is 7.59. The van der Waals surface area contributed by atoms with E-state index in [9.17, 15) is 0 Å². The van der Waals surface area contributed by atoms with Gasteiger partial charge in [0.25, 0.3) is 0 Å². The van der Waals surface area contributed by atoms with Crippen LogP contribution in [0.15, 0.2) is 66.7 Å². The molecule has 4 nitrogen and oxygen atoms in total. The average molecular weight is 405 g/mol. The Kier molecular flexibility index (Phi) is 7.23. The van der Waals surface area contributed by atoms with Crippen LogP contribution in [0, 0.1) is 0 Å². The molecule has 0 saturated heterocycles. The second-order valence-electron chi connectivity index (χ2n) is 7.59. The van der Waals surface area contributed by atoms with Crippen LogP contribution in [0.1, 0.15) is 25.3 Å². The van der Waals surface area contributed by atoms with Crippen molar-refractivity contribution in [1.29, 1.82) is 0 Å². The fourth-order valence-corrected chi connectivity index (χ4v) is 3.46. The summed E-state index contributed by atoms with van der Waals surface area (Å²) in [5.74, 6) is 1.53. The standard InChI is InChI=1S/C26H32N2O2/c1-6-7-8-20-9-11-22(12-10-20)28(23-15-13-21(14-16-23)27(2)3)24-17-25(29-4)19-26(18-24)30-5/h9-19H,6-8H2,1-5H3. The zero-order valence-corrected chi connectivity index (χ0v) is 18.7. The SMILES string of the molecule is CCCCc1ccc(N(c2ccc(N(C)C)cc2)c2cc(OC)cc(OC)c2)cc1. The maximum absolute atomic E-state index is 5.52. The molecular weight excluding hydrogens is 372 g/mol. The number of unbranched alkanes of at least 4 members (excludes halogenated alkanes) is 1. The van der Waals surface area contributed by atoms with E-state index < -0.39 is 0 Å². The average Bonchev–Trinajstić information content (AvgIpc) is 2.78. The monoisotopic (exact) mass is 404 g/mol. The van der Waals surface area contributed by atoms with Crippen molar-refractivity contribution in [3.8, 4) is 11.5 Å². The van der Waals surface area contributed by atoms with Gasteiger partial charge in [0.05, 0.1) is 19.9 Å². The van der Waals surface area contributed by atoms with E-state index in [0.29, 0.717) is 0 Å². The summed E-state index contributed by atoms with van der Waals surface area (Å²) in [4.78, 5) is 4.33. The van der Waals surface area contributed by atoms with Crippen LogP contribution in [0.2, 0.25) is 0 Å². The van der Waals surface area contributed by atoms with Gasteiger partial charge in [0.15, 0.2) is 0 Å². The molecule has 158 valence electrons. The summed E-state index contributed by atoms with van der Waals surface area (Å²) in [5, 5.41) is 0. The van der Waals surface area contributed by atoms with Crippen LogP contribution in [-0.4, -0.2) is 28.3 Å². The second kappa shape index (κ2) is 10.1. The summed E-state index contributed by atoms with van der Waals surface area (Å²) in [7, 11) is 7.46. The van der Waals surface area contributed by atoms with Gasteiger partial charge in [0.2, 0.25) is 0 Å². The zero-order valence-electron chi connectivity index (χ0n) is 18.7. The first kappa shape index (κ1) is 21.6. The number of hydrogen-bond donors (Lipinski definition) is 0. The Morgan fingerprint density at radius 2 is 1.17 bits per heavy atom. The highest BCUT2D eigenvalue weighted by molar-refractivity contribution is 5.78. The van der Waals surface area contributed by atoms with E-state index in [0.717, 1.165) is 40.7 Å². The largest absolute Gasteiger partial charge is 0.497 e. The minimum Gasteiger partial charge on any atom is -0.497 e. The maximum Gasteiger partial charge on any atom is 0.124 e. The molecule has 0 aliphatic heterocycles. The molecule has 0 fully saturated rings. The van der Waals surface area contributed by atoms with E-state index in [1.807, 2.05) is 18.2 Å². The van der Waals surface area contributed by atoms with Crippen LogP contribution in [0.3, 0.4) is 0 Å². The third-order valence-electron chi connectivity index (χ3n) is 5.23. The predicted octanol–water partition coefficient (Wildman–Crippen LogP) is 6.58. The highest BCUT2D eigenvalue weighted by atomic mass is 16.5. The van der Waals surface area contributed by atoms with Crippen LogP contribution >= 0.6 is 0 Å². The number of ether oxygens (including phenoxy) is 2. The van der Waals surface area contributed by atoms with Gasteiger partial charge >= 0.3 is 0 Å². The molecule has 0 aliphatic rings. The van der Waals surface area contributed by atoms with Crippen LogP contribution in [0.25, 0.3) is 0 Å². The van der Waals surface area contributed by atoms with Gasteiger partial charge in [-0.2, -0.15) is 0 Å². The van der Waals surface area contributed by atoms with Gasteiger partial charge in [-0.15, -0.1) is 0 Å². The number of hydrogen-bond acceptors (Lipinski definition) is 4. The lowest BCUT2D eigenvalue weighted by Gasteiger charge is -2.27. The lowest BCUT2D eigenvalue weighted by molar-refractivity contribution is 0.394. The predicted molar refractivity (Wildman–Crippen MR) is 127 cm³/mol. The molecule has 3 aromatic carbocycles. The number of methoxy groups -OCH3 is 2. The fourth-order valence-electron chi connectivity index (χ4n) is 3.46. The molecule has 0 spiro atoms. The third kappa shape index (κ3) is 5.07. The molecule has 0 unspecified atom stereocenters. The Hall–Kier alpha value is -3.14. The van der Waals surface area contributed by atoms with Gasteiger partial charge in [-0.1, -0.05) is 25.5 Å². The van der Waals surface area contributed by atoms with Crippen molar-refractivity contribution in [2.24, 2.45) is 0 Å². The topological polar surface area (TPSA) is 24.9 Å². The van der Waals surface area contributed by atoms with Crippen LogP contribution in [0.4, 0.5) is 22.7 Å². The van der Waals surface area contributed by atoms with Crippen molar-refractivity contribution in [1.82, 2.24) is 0 Å². The van der Waals surface area contributed by atoms with E-state index in [1.165, 1.54) is 18.4 Å². The van der Waals surface area contributed by atoms with Gasteiger partial charge in [-0.25, -0.2) is 0 Å². The minimum absolute atomic E-state index is 0.763. The van der Waals surface area contributed by atoms with Crippen LogP contribution in [0.5, 0.6) is 11.5 Å². The Morgan fingerprint density at radius 1 is 0.667 bits per heavy atom. The maximum atomic E-state index is 5.52. The minimum atomic E-state index is 0.763. The normalized spacial score (nSPS) is 10.6. The summed E-state index contributed by atoms with van der Waals surface area (Å²) in [6.07, 6.45) is 3.53. The Morgan fingerprint density at radius 3 is 1.63 bits per heavy atom. The Bertz CT molecular complexity index is 912. The fraction of sp³-hybridized carbons (Fsp3) is 0.308. The molecule has 30 heavy (non-hydrogen) atoms. The molecule has 4 heteroatoms. The highest BCUT2D eigenvalue weighted by Gasteiger charge is 2.15. The van der Waals surface area contributed by atoms with E-state index in [2.05, 4.69) is 79.3 Å². The first-order valence-electron chi connectivity index (χ1n) is 10.4. The molecule has 0 amide bonds. The molecule has 0 aliphatic carbocycles. The van der Waals surface area contributed by atoms with E-state index >= 15 is 0 Å².